The second-order valence-corrected chi connectivity index (χ2v) is 5.99. The highest BCUT2D eigenvalue weighted by atomic mass is 16.5. The van der Waals surface area contributed by atoms with Gasteiger partial charge in [0.25, 0.3) is 0 Å². The molecule has 1 atom stereocenters. The van der Waals surface area contributed by atoms with Gasteiger partial charge in [-0.25, -0.2) is 0 Å². The van der Waals surface area contributed by atoms with Crippen molar-refractivity contribution in [1.29, 1.82) is 0 Å². The van der Waals surface area contributed by atoms with E-state index >= 15 is 0 Å². The summed E-state index contributed by atoms with van der Waals surface area (Å²) in [5.74, 6) is 0.932. The molecule has 0 aliphatic carbocycles. The molecule has 4 heteroatoms. The van der Waals surface area contributed by atoms with Gasteiger partial charge in [-0.3, -0.25) is 4.90 Å². The summed E-state index contributed by atoms with van der Waals surface area (Å²) in [6.45, 7) is 8.82. The minimum absolute atomic E-state index is 0.666. The SMILES string of the molecule is CC[C@@H]1CN(CCc2ccc(OC)cc2)CCN1CCOC. The van der Waals surface area contributed by atoms with Gasteiger partial charge in [0.05, 0.1) is 13.7 Å². The minimum Gasteiger partial charge on any atom is -0.497 e. The highest BCUT2D eigenvalue weighted by Gasteiger charge is 2.24. The number of methoxy groups -OCH3 is 2. The predicted octanol–water partition coefficient (Wildman–Crippen LogP) is 2.28. The third kappa shape index (κ3) is 4.97. The van der Waals surface area contributed by atoms with Gasteiger partial charge in [-0.2, -0.15) is 0 Å². The van der Waals surface area contributed by atoms with Crippen molar-refractivity contribution in [1.82, 2.24) is 9.80 Å². The Bertz CT molecular complexity index is 422. The molecule has 1 aromatic rings. The standard InChI is InChI=1S/C18H30N2O2/c1-4-17-15-19(11-12-20(17)13-14-21-2)10-9-16-5-7-18(22-3)8-6-16/h5-8,17H,4,9-15H2,1-3H3/t17-/m1/s1. The first-order valence-corrected chi connectivity index (χ1v) is 8.35. The molecule has 22 heavy (non-hydrogen) atoms. The summed E-state index contributed by atoms with van der Waals surface area (Å²) in [6.07, 6.45) is 2.32. The molecular formula is C18H30N2O2. The molecule has 0 spiro atoms. The molecule has 0 unspecified atom stereocenters. The highest BCUT2D eigenvalue weighted by Crippen LogP contribution is 2.15. The topological polar surface area (TPSA) is 24.9 Å². The Morgan fingerprint density at radius 3 is 2.50 bits per heavy atom. The smallest absolute Gasteiger partial charge is 0.118 e. The Morgan fingerprint density at radius 1 is 1.09 bits per heavy atom. The van der Waals surface area contributed by atoms with Crippen LogP contribution in [0.3, 0.4) is 0 Å². The highest BCUT2D eigenvalue weighted by molar-refractivity contribution is 5.27. The van der Waals surface area contributed by atoms with Crippen LogP contribution in [-0.4, -0.2) is 69.4 Å². The Morgan fingerprint density at radius 2 is 1.86 bits per heavy atom. The second-order valence-electron chi connectivity index (χ2n) is 5.99. The number of benzene rings is 1. The van der Waals surface area contributed by atoms with Crippen molar-refractivity contribution in [3.8, 4) is 5.75 Å². The fourth-order valence-electron chi connectivity index (χ4n) is 3.13. The van der Waals surface area contributed by atoms with Crippen molar-refractivity contribution in [2.75, 3.05) is 53.6 Å². The lowest BCUT2D eigenvalue weighted by atomic mass is 10.1. The molecule has 0 aromatic heterocycles. The summed E-state index contributed by atoms with van der Waals surface area (Å²) in [4.78, 5) is 5.18. The molecule has 124 valence electrons. The number of rotatable bonds is 8. The summed E-state index contributed by atoms with van der Waals surface area (Å²) >= 11 is 0. The van der Waals surface area contributed by atoms with Crippen molar-refractivity contribution >= 4 is 0 Å². The van der Waals surface area contributed by atoms with E-state index in [4.69, 9.17) is 9.47 Å². The molecule has 0 amide bonds. The Balaban J connectivity index is 1.78. The van der Waals surface area contributed by atoms with Crippen LogP contribution in [0.1, 0.15) is 18.9 Å². The van der Waals surface area contributed by atoms with E-state index in [-0.39, 0.29) is 0 Å². The molecule has 1 saturated heterocycles. The van der Waals surface area contributed by atoms with E-state index in [0.717, 1.165) is 45.0 Å². The first-order chi connectivity index (χ1) is 10.8. The van der Waals surface area contributed by atoms with E-state index in [0.29, 0.717) is 6.04 Å². The fraction of sp³-hybridized carbons (Fsp3) is 0.667. The second kappa shape index (κ2) is 9.13. The monoisotopic (exact) mass is 306 g/mol. The van der Waals surface area contributed by atoms with Crippen LogP contribution >= 0.6 is 0 Å². The zero-order valence-corrected chi connectivity index (χ0v) is 14.3. The fourth-order valence-corrected chi connectivity index (χ4v) is 3.13. The molecule has 1 fully saturated rings. The Labute approximate surface area is 135 Å². The zero-order chi connectivity index (χ0) is 15.8. The van der Waals surface area contributed by atoms with Gasteiger partial charge in [-0.1, -0.05) is 19.1 Å². The van der Waals surface area contributed by atoms with Crippen molar-refractivity contribution in [3.05, 3.63) is 29.8 Å². The van der Waals surface area contributed by atoms with Gasteiger partial charge in [-0.15, -0.1) is 0 Å². The predicted molar refractivity (Wildman–Crippen MR) is 90.7 cm³/mol. The van der Waals surface area contributed by atoms with Crippen LogP contribution in [0.25, 0.3) is 0 Å². The maximum atomic E-state index is 5.22. The average molecular weight is 306 g/mol. The van der Waals surface area contributed by atoms with E-state index in [1.54, 1.807) is 14.2 Å². The minimum atomic E-state index is 0.666. The van der Waals surface area contributed by atoms with Crippen LogP contribution in [0.2, 0.25) is 0 Å². The molecule has 1 heterocycles. The van der Waals surface area contributed by atoms with Gasteiger partial charge in [0, 0.05) is 45.9 Å². The first-order valence-electron chi connectivity index (χ1n) is 8.35. The van der Waals surface area contributed by atoms with E-state index < -0.39 is 0 Å². The summed E-state index contributed by atoms with van der Waals surface area (Å²) in [6, 6.07) is 9.11. The van der Waals surface area contributed by atoms with Crippen molar-refractivity contribution < 1.29 is 9.47 Å². The van der Waals surface area contributed by atoms with Gasteiger partial charge in [-0.05, 0) is 30.5 Å². The van der Waals surface area contributed by atoms with Crippen molar-refractivity contribution in [2.45, 2.75) is 25.8 Å². The molecule has 0 N–H and O–H groups in total. The lowest BCUT2D eigenvalue weighted by Gasteiger charge is -2.41. The Kier molecular flexibility index (Phi) is 7.16. The normalized spacial score (nSPS) is 20.2. The number of ether oxygens (including phenoxy) is 2. The lowest BCUT2D eigenvalue weighted by molar-refractivity contribution is 0.0503. The Hall–Kier alpha value is -1.10. The van der Waals surface area contributed by atoms with Crippen LogP contribution in [0.5, 0.6) is 5.75 Å². The average Bonchev–Trinajstić information content (AvgIpc) is 2.58. The van der Waals surface area contributed by atoms with Crippen LogP contribution < -0.4 is 4.74 Å². The third-order valence-corrected chi connectivity index (χ3v) is 4.62. The van der Waals surface area contributed by atoms with Crippen LogP contribution in [0.4, 0.5) is 0 Å². The van der Waals surface area contributed by atoms with Crippen LogP contribution in [0, 0.1) is 0 Å². The van der Waals surface area contributed by atoms with Crippen molar-refractivity contribution in [2.24, 2.45) is 0 Å². The third-order valence-electron chi connectivity index (χ3n) is 4.62. The van der Waals surface area contributed by atoms with Crippen molar-refractivity contribution in [3.63, 3.8) is 0 Å². The van der Waals surface area contributed by atoms with Gasteiger partial charge < -0.3 is 14.4 Å². The van der Waals surface area contributed by atoms with Crippen LogP contribution in [-0.2, 0) is 11.2 Å². The zero-order valence-electron chi connectivity index (χ0n) is 14.3. The molecule has 0 saturated carbocycles. The quantitative estimate of drug-likeness (QED) is 0.736. The molecule has 1 aromatic carbocycles. The van der Waals surface area contributed by atoms with Gasteiger partial charge in [0.1, 0.15) is 5.75 Å². The largest absolute Gasteiger partial charge is 0.497 e. The molecule has 0 radical (unpaired) electrons. The van der Waals surface area contributed by atoms with E-state index in [2.05, 4.69) is 28.9 Å². The molecule has 2 rings (SSSR count). The van der Waals surface area contributed by atoms with Gasteiger partial charge in [0.15, 0.2) is 0 Å². The van der Waals surface area contributed by atoms with Gasteiger partial charge in [0.2, 0.25) is 0 Å². The van der Waals surface area contributed by atoms with E-state index in [1.807, 2.05) is 12.1 Å². The molecule has 1 aliphatic rings. The molecule has 1 aliphatic heterocycles. The number of nitrogens with zero attached hydrogens (tertiary/aromatic N) is 2. The first kappa shape index (κ1) is 17.3. The van der Waals surface area contributed by atoms with E-state index in [9.17, 15) is 0 Å². The number of piperazine rings is 1. The molecule has 4 nitrogen and oxygen atoms in total. The number of hydrogen-bond donors (Lipinski definition) is 0. The maximum absolute atomic E-state index is 5.22. The maximum Gasteiger partial charge on any atom is 0.118 e. The summed E-state index contributed by atoms with van der Waals surface area (Å²) in [7, 11) is 3.50. The summed E-state index contributed by atoms with van der Waals surface area (Å²) in [5, 5.41) is 0. The van der Waals surface area contributed by atoms with Crippen LogP contribution in [0.15, 0.2) is 24.3 Å². The summed E-state index contributed by atoms with van der Waals surface area (Å²) < 4.78 is 10.4. The summed E-state index contributed by atoms with van der Waals surface area (Å²) in [5.41, 5.74) is 1.38. The van der Waals surface area contributed by atoms with Gasteiger partial charge >= 0.3 is 0 Å². The molecule has 0 bridgehead atoms. The van der Waals surface area contributed by atoms with E-state index in [1.165, 1.54) is 18.5 Å². The molecular weight excluding hydrogens is 276 g/mol. The lowest BCUT2D eigenvalue weighted by Crippen LogP contribution is -2.53. The number of hydrogen-bond acceptors (Lipinski definition) is 4.